The Morgan fingerprint density at radius 1 is 0.789 bits per heavy atom. The second-order valence-corrected chi connectivity index (χ2v) is 10.7. The van der Waals surface area contributed by atoms with Gasteiger partial charge in [0, 0.05) is 63.1 Å². The zero-order valence-corrected chi connectivity index (χ0v) is 22.6. The van der Waals surface area contributed by atoms with Crippen LogP contribution in [-0.2, 0) is 9.47 Å². The average molecular weight is 526 g/mol. The molecule has 4 aliphatic rings. The number of piperazine rings is 2. The fourth-order valence-corrected chi connectivity index (χ4v) is 5.56. The molecule has 0 aliphatic carbocycles. The predicted octanol–water partition coefficient (Wildman–Crippen LogP) is 2.20. The Hall–Kier alpha value is -2.86. The smallest absolute Gasteiger partial charge is 0.363 e. The molecule has 0 bridgehead atoms. The summed E-state index contributed by atoms with van der Waals surface area (Å²) in [6.07, 6.45) is 3.59. The Morgan fingerprint density at radius 2 is 1.29 bits per heavy atom. The van der Waals surface area contributed by atoms with Gasteiger partial charge in [-0.05, 0) is 48.9 Å². The standard InChI is InChI=1S/C14H21N3O.C13H18N4O3/c1-11-3-4-13(7-15-11)17-6-5-16(8-12(17)2)14-9-18-10-14;1-10-7-15(12-8-20-9-12)4-5-16(10)11-2-3-13(14-6-11)17(18)19/h3-4,7,12,14H,5-6,8-10H2,1-2H3;2-3,6,10,12H,4-5,7-9H2,1H3/t12-;10-/m00/s1. The highest BCUT2D eigenvalue weighted by Crippen LogP contribution is 2.24. The van der Waals surface area contributed by atoms with Crippen LogP contribution in [0, 0.1) is 17.0 Å². The van der Waals surface area contributed by atoms with Gasteiger partial charge in [0.05, 0.1) is 56.1 Å². The highest BCUT2D eigenvalue weighted by Gasteiger charge is 2.33. The van der Waals surface area contributed by atoms with Crippen molar-refractivity contribution in [2.45, 2.75) is 44.9 Å². The number of nitrogens with zero attached hydrogens (tertiary/aromatic N) is 7. The van der Waals surface area contributed by atoms with E-state index in [0.29, 0.717) is 24.2 Å². The van der Waals surface area contributed by atoms with Crippen LogP contribution >= 0.6 is 0 Å². The number of hydrogen-bond donors (Lipinski definition) is 0. The molecule has 0 amide bonds. The van der Waals surface area contributed by atoms with Crippen molar-refractivity contribution in [2.24, 2.45) is 0 Å². The quantitative estimate of drug-likeness (QED) is 0.427. The summed E-state index contributed by atoms with van der Waals surface area (Å²) in [4.78, 5) is 28.2. The van der Waals surface area contributed by atoms with E-state index >= 15 is 0 Å². The molecule has 38 heavy (non-hydrogen) atoms. The molecule has 0 spiro atoms. The molecule has 11 heteroatoms. The molecule has 2 aromatic rings. The molecule has 6 heterocycles. The Bertz CT molecular complexity index is 1060. The van der Waals surface area contributed by atoms with E-state index < -0.39 is 4.92 Å². The number of hydrogen-bond acceptors (Lipinski definition) is 10. The van der Waals surface area contributed by atoms with Gasteiger partial charge in [-0.1, -0.05) is 0 Å². The molecule has 11 nitrogen and oxygen atoms in total. The van der Waals surface area contributed by atoms with Crippen LogP contribution in [0.2, 0.25) is 0 Å². The Morgan fingerprint density at radius 3 is 1.63 bits per heavy atom. The first-order valence-corrected chi connectivity index (χ1v) is 13.6. The van der Waals surface area contributed by atoms with Crippen LogP contribution in [0.5, 0.6) is 0 Å². The molecule has 0 radical (unpaired) electrons. The van der Waals surface area contributed by atoms with Crippen molar-refractivity contribution in [3.63, 3.8) is 0 Å². The maximum atomic E-state index is 10.6. The number of aryl methyl sites for hydroxylation is 1. The molecule has 0 aromatic carbocycles. The van der Waals surface area contributed by atoms with Crippen LogP contribution in [0.1, 0.15) is 19.5 Å². The first-order chi connectivity index (χ1) is 18.4. The second-order valence-electron chi connectivity index (χ2n) is 10.7. The van der Waals surface area contributed by atoms with Crippen LogP contribution in [0.3, 0.4) is 0 Å². The van der Waals surface area contributed by atoms with Gasteiger partial charge in [0.2, 0.25) is 0 Å². The number of rotatable bonds is 5. The van der Waals surface area contributed by atoms with Crippen molar-refractivity contribution >= 4 is 17.2 Å². The second kappa shape index (κ2) is 11.9. The number of aromatic nitrogens is 2. The van der Waals surface area contributed by atoms with Gasteiger partial charge in [-0.15, -0.1) is 0 Å². The van der Waals surface area contributed by atoms with Crippen LogP contribution in [0.4, 0.5) is 17.2 Å². The third-order valence-electron chi connectivity index (χ3n) is 8.07. The third-order valence-corrected chi connectivity index (χ3v) is 8.07. The van der Waals surface area contributed by atoms with Crippen LogP contribution < -0.4 is 9.80 Å². The van der Waals surface area contributed by atoms with E-state index in [1.165, 1.54) is 11.8 Å². The maximum Gasteiger partial charge on any atom is 0.363 e. The summed E-state index contributed by atoms with van der Waals surface area (Å²) in [5, 5.41) is 10.6. The Balaban J connectivity index is 0.000000156. The lowest BCUT2D eigenvalue weighted by atomic mass is 10.1. The minimum Gasteiger partial charge on any atom is -0.378 e. The summed E-state index contributed by atoms with van der Waals surface area (Å²) < 4.78 is 10.5. The normalized spacial score (nSPS) is 25.2. The van der Waals surface area contributed by atoms with Gasteiger partial charge >= 0.3 is 5.82 Å². The monoisotopic (exact) mass is 525 g/mol. The van der Waals surface area contributed by atoms with Gasteiger partial charge in [-0.25, -0.2) is 0 Å². The Labute approximate surface area is 224 Å². The molecule has 0 N–H and O–H groups in total. The summed E-state index contributed by atoms with van der Waals surface area (Å²) in [6, 6.07) is 9.66. The van der Waals surface area contributed by atoms with E-state index in [0.717, 1.165) is 77.1 Å². The molecule has 4 aliphatic heterocycles. The zero-order valence-electron chi connectivity index (χ0n) is 22.6. The predicted molar refractivity (Wildman–Crippen MR) is 146 cm³/mol. The van der Waals surface area contributed by atoms with Gasteiger partial charge in [0.25, 0.3) is 0 Å². The van der Waals surface area contributed by atoms with Crippen molar-refractivity contribution in [3.05, 3.63) is 52.5 Å². The molecule has 0 saturated carbocycles. The van der Waals surface area contributed by atoms with Crippen molar-refractivity contribution < 1.29 is 14.4 Å². The lowest BCUT2D eigenvalue weighted by Crippen LogP contribution is -2.59. The number of ether oxygens (including phenoxy) is 2. The van der Waals surface area contributed by atoms with E-state index in [-0.39, 0.29) is 5.82 Å². The van der Waals surface area contributed by atoms with Gasteiger partial charge < -0.3 is 29.4 Å². The molecule has 2 atom stereocenters. The Kier molecular flexibility index (Phi) is 8.37. The first-order valence-electron chi connectivity index (χ1n) is 13.6. The molecule has 6 rings (SSSR count). The van der Waals surface area contributed by atoms with E-state index in [1.54, 1.807) is 12.3 Å². The van der Waals surface area contributed by atoms with Crippen LogP contribution in [-0.4, -0.2) is 115 Å². The number of pyridine rings is 2. The summed E-state index contributed by atoms with van der Waals surface area (Å²) >= 11 is 0. The topological polar surface area (TPSA) is 100 Å². The fraction of sp³-hybridized carbons (Fsp3) is 0.630. The lowest BCUT2D eigenvalue weighted by Gasteiger charge is -2.46. The zero-order chi connectivity index (χ0) is 26.6. The van der Waals surface area contributed by atoms with E-state index in [4.69, 9.17) is 9.47 Å². The van der Waals surface area contributed by atoms with Gasteiger partial charge in [0.15, 0.2) is 6.20 Å². The molecular formula is C27H39N7O4. The van der Waals surface area contributed by atoms with Crippen molar-refractivity contribution in [3.8, 4) is 0 Å². The number of nitro groups is 1. The van der Waals surface area contributed by atoms with E-state index in [9.17, 15) is 10.1 Å². The lowest BCUT2D eigenvalue weighted by molar-refractivity contribution is -0.389. The largest absolute Gasteiger partial charge is 0.378 e. The summed E-state index contributed by atoms with van der Waals surface area (Å²) in [7, 11) is 0. The van der Waals surface area contributed by atoms with E-state index in [2.05, 4.69) is 55.5 Å². The SMILES string of the molecule is C[C@H]1CN(C2COC2)CCN1c1ccc([N+](=O)[O-])nc1.Cc1ccc(N2CCN(C3COC3)C[C@@H]2C)cn1. The molecule has 206 valence electrons. The van der Waals surface area contributed by atoms with Crippen molar-refractivity contribution in [2.75, 3.05) is 75.5 Å². The summed E-state index contributed by atoms with van der Waals surface area (Å²) in [5.74, 6) is -0.105. The molecule has 2 aromatic heterocycles. The minimum absolute atomic E-state index is 0.105. The third kappa shape index (κ3) is 6.06. The maximum absolute atomic E-state index is 10.6. The fourth-order valence-electron chi connectivity index (χ4n) is 5.56. The molecule has 4 fully saturated rings. The van der Waals surface area contributed by atoms with Gasteiger partial charge in [-0.3, -0.25) is 14.8 Å². The molecule has 0 unspecified atom stereocenters. The first kappa shape index (κ1) is 26.7. The van der Waals surface area contributed by atoms with Gasteiger partial charge in [0.1, 0.15) is 0 Å². The minimum atomic E-state index is -0.470. The van der Waals surface area contributed by atoms with Crippen molar-refractivity contribution in [1.29, 1.82) is 0 Å². The summed E-state index contributed by atoms with van der Waals surface area (Å²) in [5.41, 5.74) is 3.28. The van der Waals surface area contributed by atoms with Gasteiger partial charge in [-0.2, -0.15) is 0 Å². The van der Waals surface area contributed by atoms with Crippen molar-refractivity contribution in [1.82, 2.24) is 19.8 Å². The average Bonchev–Trinajstić information content (AvgIpc) is 2.83. The van der Waals surface area contributed by atoms with E-state index in [1.807, 2.05) is 13.1 Å². The summed E-state index contributed by atoms with van der Waals surface area (Å²) in [6.45, 7) is 16.3. The van der Waals surface area contributed by atoms with Crippen LogP contribution in [0.15, 0.2) is 36.7 Å². The molecular weight excluding hydrogens is 486 g/mol. The number of anilines is 2. The molecule has 4 saturated heterocycles. The van der Waals surface area contributed by atoms with Crippen LogP contribution in [0.25, 0.3) is 0 Å². The highest BCUT2D eigenvalue weighted by atomic mass is 16.6. The highest BCUT2D eigenvalue weighted by molar-refractivity contribution is 5.48.